The second-order valence-corrected chi connectivity index (χ2v) is 26.3. The summed E-state index contributed by atoms with van der Waals surface area (Å²) in [4.78, 5) is 86.2. The molecule has 105 heavy (non-hydrogen) atoms. The molecule has 12 rings (SSSR count). The van der Waals surface area contributed by atoms with Crippen LogP contribution < -0.4 is 27.0 Å². The number of amides is 6. The van der Waals surface area contributed by atoms with Crippen molar-refractivity contribution in [3.63, 3.8) is 0 Å². The Morgan fingerprint density at radius 3 is 1.44 bits per heavy atom. The first-order chi connectivity index (χ1) is 50.9. The number of alkyl carbamates (subject to hydrolysis) is 3. The summed E-state index contributed by atoms with van der Waals surface area (Å²) in [6.07, 6.45) is -30.1. The number of likely N-dealkylation sites (tertiary alicyclic amines) is 1. The Morgan fingerprint density at radius 1 is 0.467 bits per heavy atom. The lowest BCUT2D eigenvalue weighted by Crippen LogP contribution is -2.73. The number of benzene rings is 6. The molecule has 5 aliphatic heterocycles. The number of carbonyl (C=O) groups excluding carboxylic acids is 6. The van der Waals surface area contributed by atoms with Gasteiger partial charge in [0.25, 0.3) is 5.91 Å². The molecule has 560 valence electrons. The van der Waals surface area contributed by atoms with Gasteiger partial charge in [0.05, 0.1) is 56.6 Å². The van der Waals surface area contributed by atoms with E-state index < -0.39 is 185 Å². The van der Waals surface area contributed by atoms with Gasteiger partial charge in [0.1, 0.15) is 94.0 Å². The van der Waals surface area contributed by atoms with E-state index in [1.54, 1.807) is 176 Å². The Balaban J connectivity index is 0.845. The van der Waals surface area contributed by atoms with Crippen molar-refractivity contribution >= 4 is 36.4 Å². The second kappa shape index (κ2) is 35.1. The van der Waals surface area contributed by atoms with E-state index in [4.69, 9.17) is 62.6 Å². The number of hydrogen-bond donors (Lipinski definition) is 11. The van der Waals surface area contributed by atoms with E-state index in [0.717, 1.165) is 4.90 Å². The van der Waals surface area contributed by atoms with Crippen LogP contribution in [0.4, 0.5) is 24.0 Å². The molecule has 31 nitrogen and oxygen atoms in total. The molecule has 0 bridgehead atoms. The fourth-order valence-corrected chi connectivity index (χ4v) is 13.3. The lowest BCUT2D eigenvalue weighted by atomic mass is 9.82. The number of aliphatic hydroxyl groups is 6. The molecule has 6 aliphatic rings. The maximum atomic E-state index is 14.5. The van der Waals surface area contributed by atoms with E-state index in [0.29, 0.717) is 33.4 Å². The molecule has 5 heterocycles. The molecule has 1 unspecified atom stereocenters. The van der Waals surface area contributed by atoms with E-state index >= 15 is 0 Å². The average Bonchev–Trinajstić information content (AvgIpc) is 1.75. The molecule has 1 aliphatic carbocycles. The zero-order chi connectivity index (χ0) is 73.6. The van der Waals surface area contributed by atoms with Crippen LogP contribution in [0.1, 0.15) is 52.5 Å². The Kier molecular flexibility index (Phi) is 25.2. The van der Waals surface area contributed by atoms with Gasteiger partial charge >= 0.3 is 30.5 Å². The summed E-state index contributed by atoms with van der Waals surface area (Å²) in [6.45, 7) is -3.53. The molecule has 0 aromatic heterocycles. The number of fused-ring (bicyclic) bond motifs is 1. The largest absolute Gasteiger partial charge is 0.445 e. The van der Waals surface area contributed by atoms with Gasteiger partial charge in [-0.3, -0.25) is 9.69 Å². The molecule has 19 atom stereocenters. The monoisotopic (exact) mass is 1460 g/mol. The number of nitrogens with two attached hydrogens (primary N) is 1. The minimum Gasteiger partial charge on any atom is -0.445 e. The lowest BCUT2D eigenvalue weighted by molar-refractivity contribution is -0.323. The highest BCUT2D eigenvalue weighted by Gasteiger charge is 2.59. The first-order valence-corrected chi connectivity index (χ1v) is 34.4. The highest BCUT2D eigenvalue weighted by atomic mass is 16.8. The first kappa shape index (κ1) is 75.3. The van der Waals surface area contributed by atoms with E-state index in [1.165, 1.54) is 4.90 Å². The average molecular weight is 1460 g/mol. The van der Waals surface area contributed by atoms with E-state index in [2.05, 4.69) is 21.3 Å². The van der Waals surface area contributed by atoms with Gasteiger partial charge in [0, 0.05) is 18.5 Å². The van der Waals surface area contributed by atoms with Gasteiger partial charge in [-0.25, -0.2) is 24.0 Å². The quantitative estimate of drug-likeness (QED) is 0.0388. The minimum atomic E-state index is -2.27. The van der Waals surface area contributed by atoms with Gasteiger partial charge in [0.15, 0.2) is 30.7 Å². The molecule has 0 spiro atoms. The Bertz CT molecular complexity index is 3810. The van der Waals surface area contributed by atoms with Gasteiger partial charge in [-0.1, -0.05) is 182 Å². The topological polar surface area (TPSA) is 415 Å². The van der Waals surface area contributed by atoms with Crippen LogP contribution in [0.15, 0.2) is 182 Å². The third-order valence-electron chi connectivity index (χ3n) is 18.9. The number of carbonyl (C=O) groups is 6. The molecule has 6 aromatic rings. The van der Waals surface area contributed by atoms with Crippen LogP contribution in [-0.2, 0) is 94.7 Å². The van der Waals surface area contributed by atoms with Crippen LogP contribution >= 0.6 is 0 Å². The van der Waals surface area contributed by atoms with Gasteiger partial charge in [-0.05, 0) is 34.2 Å². The Morgan fingerprint density at radius 2 is 0.924 bits per heavy atom. The van der Waals surface area contributed by atoms with E-state index in [1.807, 2.05) is 6.07 Å². The molecule has 1 saturated carbocycles. The van der Waals surface area contributed by atoms with Gasteiger partial charge in [0.2, 0.25) is 0 Å². The van der Waals surface area contributed by atoms with Gasteiger partial charge < -0.3 is 119 Å². The molecule has 6 fully saturated rings. The number of ether oxygens (including phenoxy) is 12. The number of hydrogen-bond acceptors (Lipinski definition) is 25. The van der Waals surface area contributed by atoms with Crippen molar-refractivity contribution in [2.45, 2.75) is 168 Å². The fraction of sp³-hybridized carbons (Fsp3) is 0.432. The van der Waals surface area contributed by atoms with Crippen LogP contribution in [0.2, 0.25) is 0 Å². The predicted molar refractivity (Wildman–Crippen MR) is 363 cm³/mol. The summed E-state index contributed by atoms with van der Waals surface area (Å²) in [5, 5.41) is 83.3. The molecule has 31 heteroatoms. The summed E-state index contributed by atoms with van der Waals surface area (Å²) < 4.78 is 73.9. The number of β-amino-alcohol motifs (C(OH)–C–C–N with tert-alkyl or cyclic N) is 1. The molecule has 6 aromatic carbocycles. The molecule has 12 N–H and O–H groups in total. The number of nitrogens with zero attached hydrogens (tertiary/aromatic N) is 2. The summed E-state index contributed by atoms with van der Waals surface area (Å²) in [5.41, 5.74) is 7.55. The second-order valence-electron chi connectivity index (χ2n) is 26.3. The standard InChI is InChI=1S/C74H85N7O24/c75-33-53-52(83)32-51(78-70(89)95-37-44-21-9-2-10-22-44)65(99-53)103-60-50(77-69(88)94-36-43-19-7-1-8-20-43)31-49(76-68(87)74(93)41-80(42-74)72(91)97-39-46-25-13-4-14-26-46)57(84)63(60)105-67-59(86)62(55(35-82)101-67)104-66-56(79-71(90)96-38-45-23-11-3-12-24-45)58(85)61-54(100-66)34-81(64(102-61)48-29-17-6-18-30-48)73(92)98-40-47-27-15-5-16-28-47/h1-30,49-67,82-86,93H,31-42,75H2,(H,76,87)(H,77,88)(H,78,89)(H,79,90)/t49-,50+,51-,52-,53-,54+,55-,56-,57+,58-,59-,60-,61-,62-,63-,64?,65-,66-,67+/m1/s1. The van der Waals surface area contributed by atoms with Crippen molar-refractivity contribution in [2.75, 3.05) is 32.8 Å². The van der Waals surface area contributed by atoms with Crippen LogP contribution in [-0.4, -0.2) is 225 Å². The molecular formula is C74H85N7O24. The van der Waals surface area contributed by atoms with Crippen molar-refractivity contribution in [3.8, 4) is 0 Å². The third-order valence-corrected chi connectivity index (χ3v) is 18.9. The van der Waals surface area contributed by atoms with Gasteiger partial charge in [-0.15, -0.1) is 0 Å². The summed E-state index contributed by atoms with van der Waals surface area (Å²) in [7, 11) is 0. The van der Waals surface area contributed by atoms with Crippen molar-refractivity contribution in [1.29, 1.82) is 0 Å². The number of rotatable bonds is 24. The summed E-state index contributed by atoms with van der Waals surface area (Å²) in [6, 6.07) is 46.5. The van der Waals surface area contributed by atoms with Crippen molar-refractivity contribution in [1.82, 2.24) is 31.1 Å². The zero-order valence-corrected chi connectivity index (χ0v) is 56.8. The summed E-state index contributed by atoms with van der Waals surface area (Å²) >= 11 is 0. The first-order valence-electron chi connectivity index (χ1n) is 34.4. The fourth-order valence-electron chi connectivity index (χ4n) is 13.3. The van der Waals surface area contributed by atoms with Crippen LogP contribution in [0.3, 0.4) is 0 Å². The number of nitrogens with one attached hydrogen (secondary N) is 4. The SMILES string of the molecule is NC[C@H]1O[C@H](O[C@H]2[C@H](O[C@@H]3O[C@H](CO)[C@@H](O[C@H]4O[C@H]5CN(C(=O)OCc6ccccc6)C(c6ccccc6)O[C@H]5[C@H](O)[C@H]4NC(=O)OCc4ccccc4)[C@H]3O)[C@@H](O)[C@H](NC(=O)C3(O)CN(C(=O)OCc4ccccc4)C3)C[C@@H]2NC(=O)OCc2ccccc2)[C@H](NC(=O)OCc2ccccc2)C[C@H]1O. The Hall–Kier alpha value is -9.42. The molecule has 5 saturated heterocycles. The van der Waals surface area contributed by atoms with Crippen molar-refractivity contribution < 1.29 is 116 Å². The van der Waals surface area contributed by atoms with Crippen LogP contribution in [0.5, 0.6) is 0 Å². The zero-order valence-electron chi connectivity index (χ0n) is 56.8. The predicted octanol–water partition coefficient (Wildman–Crippen LogP) is 2.99. The molecule has 6 amide bonds. The highest BCUT2D eigenvalue weighted by Crippen LogP contribution is 2.40. The third kappa shape index (κ3) is 18.8. The molecular weight excluding hydrogens is 1370 g/mol. The Labute approximate surface area is 603 Å². The molecule has 0 radical (unpaired) electrons. The minimum absolute atomic E-state index is 0.108. The van der Waals surface area contributed by atoms with Crippen LogP contribution in [0, 0.1) is 0 Å². The van der Waals surface area contributed by atoms with Crippen molar-refractivity contribution in [2.24, 2.45) is 5.73 Å². The van der Waals surface area contributed by atoms with Crippen LogP contribution in [0.25, 0.3) is 0 Å². The lowest BCUT2D eigenvalue weighted by Gasteiger charge is -2.51. The smallest absolute Gasteiger partial charge is 0.412 e. The maximum Gasteiger partial charge on any atom is 0.412 e. The summed E-state index contributed by atoms with van der Waals surface area (Å²) in [5.74, 6) is -1.09. The van der Waals surface area contributed by atoms with Gasteiger partial charge in [-0.2, -0.15) is 0 Å². The van der Waals surface area contributed by atoms with E-state index in [9.17, 15) is 59.4 Å². The van der Waals surface area contributed by atoms with E-state index in [-0.39, 0.29) is 52.5 Å². The highest BCUT2D eigenvalue weighted by molar-refractivity contribution is 5.89. The maximum absolute atomic E-state index is 14.5. The normalized spacial score (nSPS) is 29.7. The number of aliphatic hydroxyl groups excluding tert-OH is 5. The van der Waals surface area contributed by atoms with Crippen molar-refractivity contribution in [3.05, 3.63) is 215 Å².